The molecule has 2 rings (SSSR count). The summed E-state index contributed by atoms with van der Waals surface area (Å²) < 4.78 is 13.0. The Morgan fingerprint density at radius 3 is 2.48 bits per heavy atom. The van der Waals surface area contributed by atoms with Gasteiger partial charge in [-0.25, -0.2) is 9.18 Å². The Bertz CT molecular complexity index is 629. The molecule has 0 fully saturated rings. The summed E-state index contributed by atoms with van der Waals surface area (Å²) in [5.74, 6) is -0.287. The number of benzene rings is 2. The molecule has 21 heavy (non-hydrogen) atoms. The Morgan fingerprint density at radius 1 is 1.10 bits per heavy atom. The lowest BCUT2D eigenvalue weighted by Gasteiger charge is -2.08. The van der Waals surface area contributed by atoms with Gasteiger partial charge in [0.2, 0.25) is 0 Å². The third-order valence-electron chi connectivity index (χ3n) is 2.71. The molecule has 0 saturated heterocycles. The molecule has 2 amide bonds. The molecular formula is C15H13Cl2FN2O. The lowest BCUT2D eigenvalue weighted by Crippen LogP contribution is -2.30. The van der Waals surface area contributed by atoms with Crippen LogP contribution in [0.3, 0.4) is 0 Å². The molecule has 110 valence electrons. The molecule has 0 aliphatic heterocycles. The first-order valence-corrected chi connectivity index (χ1v) is 7.04. The summed E-state index contributed by atoms with van der Waals surface area (Å²) in [5.41, 5.74) is 1.33. The van der Waals surface area contributed by atoms with Gasteiger partial charge in [-0.2, -0.15) is 0 Å². The second-order valence-electron chi connectivity index (χ2n) is 4.42. The van der Waals surface area contributed by atoms with Gasteiger partial charge in [0.15, 0.2) is 0 Å². The van der Waals surface area contributed by atoms with Crippen LogP contribution < -0.4 is 10.6 Å². The first-order chi connectivity index (χ1) is 10.0. The van der Waals surface area contributed by atoms with Crippen LogP contribution in [0.2, 0.25) is 10.0 Å². The molecule has 0 atom stereocenters. The van der Waals surface area contributed by atoms with Gasteiger partial charge in [-0.1, -0.05) is 35.3 Å². The number of halogens is 3. The highest BCUT2D eigenvalue weighted by molar-refractivity contribution is 6.35. The van der Waals surface area contributed by atoms with Gasteiger partial charge in [0.1, 0.15) is 5.82 Å². The van der Waals surface area contributed by atoms with Crippen LogP contribution in [0.5, 0.6) is 0 Å². The topological polar surface area (TPSA) is 41.1 Å². The van der Waals surface area contributed by atoms with E-state index in [1.165, 1.54) is 12.1 Å². The summed E-state index contributed by atoms with van der Waals surface area (Å²) in [6.07, 6.45) is 0.543. The van der Waals surface area contributed by atoms with Crippen LogP contribution in [0.1, 0.15) is 5.56 Å². The molecule has 0 radical (unpaired) electrons. The lowest BCUT2D eigenvalue weighted by atomic mass is 10.1. The highest BCUT2D eigenvalue weighted by Crippen LogP contribution is 2.22. The van der Waals surface area contributed by atoms with E-state index in [-0.39, 0.29) is 11.8 Å². The van der Waals surface area contributed by atoms with Gasteiger partial charge in [-0.15, -0.1) is 0 Å². The number of rotatable bonds is 4. The quantitative estimate of drug-likeness (QED) is 0.853. The number of hydrogen-bond acceptors (Lipinski definition) is 1. The van der Waals surface area contributed by atoms with E-state index in [2.05, 4.69) is 10.6 Å². The minimum Gasteiger partial charge on any atom is -0.338 e. The molecule has 0 unspecified atom stereocenters. The van der Waals surface area contributed by atoms with E-state index >= 15 is 0 Å². The Kier molecular flexibility index (Phi) is 5.42. The smallest absolute Gasteiger partial charge is 0.319 e. The fourth-order valence-corrected chi connectivity index (χ4v) is 2.34. The fourth-order valence-electron chi connectivity index (χ4n) is 1.81. The minimum atomic E-state index is -0.371. The molecule has 6 heteroatoms. The number of hydrogen-bond donors (Lipinski definition) is 2. The lowest BCUT2D eigenvalue weighted by molar-refractivity contribution is 0.252. The summed E-state index contributed by atoms with van der Waals surface area (Å²) in [7, 11) is 0. The number of carbonyl (C=O) groups excluding carboxylic acids is 1. The van der Waals surface area contributed by atoms with E-state index in [0.29, 0.717) is 28.7 Å². The predicted molar refractivity (Wildman–Crippen MR) is 83.6 cm³/mol. The molecule has 0 spiro atoms. The van der Waals surface area contributed by atoms with Gasteiger partial charge < -0.3 is 10.6 Å². The number of carbonyl (C=O) groups is 1. The van der Waals surface area contributed by atoms with Gasteiger partial charge in [0.05, 0.1) is 0 Å². The molecular weight excluding hydrogens is 314 g/mol. The van der Waals surface area contributed by atoms with E-state index in [4.69, 9.17) is 23.2 Å². The van der Waals surface area contributed by atoms with Crippen molar-refractivity contribution >= 4 is 34.9 Å². The molecule has 0 bridgehead atoms. The third kappa shape index (κ3) is 5.25. The number of anilines is 1. The van der Waals surface area contributed by atoms with Crippen molar-refractivity contribution in [2.45, 2.75) is 6.42 Å². The molecule has 0 aliphatic carbocycles. The average molecular weight is 327 g/mol. The fraction of sp³-hybridized carbons (Fsp3) is 0.133. The Balaban J connectivity index is 1.82. The van der Waals surface area contributed by atoms with E-state index in [9.17, 15) is 9.18 Å². The summed E-state index contributed by atoms with van der Waals surface area (Å²) in [5, 5.41) is 6.19. The second kappa shape index (κ2) is 7.29. The first-order valence-electron chi connectivity index (χ1n) is 6.28. The Morgan fingerprint density at radius 2 is 1.81 bits per heavy atom. The van der Waals surface area contributed by atoms with Gasteiger partial charge >= 0.3 is 6.03 Å². The van der Waals surface area contributed by atoms with Crippen LogP contribution in [-0.4, -0.2) is 12.6 Å². The van der Waals surface area contributed by atoms with E-state index in [1.54, 1.807) is 30.3 Å². The maximum absolute atomic E-state index is 13.0. The highest BCUT2D eigenvalue weighted by atomic mass is 35.5. The molecule has 3 nitrogen and oxygen atoms in total. The monoisotopic (exact) mass is 326 g/mol. The van der Waals surface area contributed by atoms with Crippen molar-refractivity contribution < 1.29 is 9.18 Å². The van der Waals surface area contributed by atoms with Crippen molar-refractivity contribution in [1.82, 2.24) is 5.32 Å². The van der Waals surface area contributed by atoms with Crippen LogP contribution in [0.15, 0.2) is 42.5 Å². The van der Waals surface area contributed by atoms with Crippen LogP contribution >= 0.6 is 23.2 Å². The minimum absolute atomic E-state index is 0.287. The molecule has 0 saturated carbocycles. The van der Waals surface area contributed by atoms with Crippen LogP contribution in [0.25, 0.3) is 0 Å². The average Bonchev–Trinajstić information content (AvgIpc) is 2.37. The van der Waals surface area contributed by atoms with Gasteiger partial charge in [-0.05, 0) is 42.3 Å². The van der Waals surface area contributed by atoms with Crippen molar-refractivity contribution in [2.75, 3.05) is 11.9 Å². The van der Waals surface area contributed by atoms with Crippen molar-refractivity contribution in [1.29, 1.82) is 0 Å². The Hall–Kier alpha value is -1.78. The number of urea groups is 1. The van der Waals surface area contributed by atoms with E-state index < -0.39 is 0 Å². The zero-order valence-electron chi connectivity index (χ0n) is 11.0. The zero-order valence-corrected chi connectivity index (χ0v) is 12.5. The van der Waals surface area contributed by atoms with E-state index in [1.807, 2.05) is 0 Å². The first kappa shape index (κ1) is 15.6. The molecule has 0 aliphatic rings. The van der Waals surface area contributed by atoms with Crippen LogP contribution in [0, 0.1) is 5.82 Å². The molecule has 2 aromatic carbocycles. The normalized spacial score (nSPS) is 10.2. The Labute approximate surface area is 132 Å². The summed E-state index contributed by atoms with van der Waals surface area (Å²) in [6, 6.07) is 10.7. The number of amides is 2. The van der Waals surface area contributed by atoms with Crippen LogP contribution in [-0.2, 0) is 6.42 Å². The van der Waals surface area contributed by atoms with Crippen LogP contribution in [0.4, 0.5) is 14.9 Å². The maximum atomic E-state index is 13.0. The standard InChI is InChI=1S/C15H13Cl2FN2O/c16-11-7-12(17)9-14(8-11)20-15(21)19-5-4-10-2-1-3-13(18)6-10/h1-3,6-9H,4-5H2,(H2,19,20,21). The van der Waals surface area contributed by atoms with Gasteiger partial charge in [0, 0.05) is 22.3 Å². The summed E-state index contributed by atoms with van der Waals surface area (Å²) >= 11 is 11.7. The third-order valence-corrected chi connectivity index (χ3v) is 3.15. The zero-order chi connectivity index (χ0) is 15.2. The van der Waals surface area contributed by atoms with Crippen molar-refractivity contribution in [3.8, 4) is 0 Å². The number of nitrogens with one attached hydrogen (secondary N) is 2. The molecule has 2 aromatic rings. The summed E-state index contributed by atoms with van der Waals surface area (Å²) in [6.45, 7) is 0.392. The molecule has 2 N–H and O–H groups in total. The largest absolute Gasteiger partial charge is 0.338 e. The van der Waals surface area contributed by atoms with E-state index in [0.717, 1.165) is 5.56 Å². The predicted octanol–water partition coefficient (Wildman–Crippen LogP) is 4.50. The van der Waals surface area contributed by atoms with Gasteiger partial charge in [0.25, 0.3) is 0 Å². The highest BCUT2D eigenvalue weighted by Gasteiger charge is 2.04. The van der Waals surface area contributed by atoms with Crippen molar-refractivity contribution in [3.63, 3.8) is 0 Å². The maximum Gasteiger partial charge on any atom is 0.319 e. The second-order valence-corrected chi connectivity index (χ2v) is 5.29. The molecule has 0 aromatic heterocycles. The summed E-state index contributed by atoms with van der Waals surface area (Å²) in [4.78, 5) is 11.7. The van der Waals surface area contributed by atoms with Crippen molar-refractivity contribution in [2.24, 2.45) is 0 Å². The molecule has 0 heterocycles. The SMILES string of the molecule is O=C(NCCc1cccc(F)c1)Nc1cc(Cl)cc(Cl)c1. The van der Waals surface area contributed by atoms with Gasteiger partial charge in [-0.3, -0.25) is 0 Å². The van der Waals surface area contributed by atoms with Crippen molar-refractivity contribution in [3.05, 3.63) is 63.9 Å².